The molecule has 5 aliphatic rings. The van der Waals surface area contributed by atoms with Gasteiger partial charge >= 0.3 is 0 Å². The molecule has 2 saturated carbocycles. The molecule has 2 aromatic rings. The number of carbonyl (C=O) groups excluding carboxylic acids is 2. The lowest BCUT2D eigenvalue weighted by Gasteiger charge is -2.37. The highest BCUT2D eigenvalue weighted by Gasteiger charge is 2.67. The van der Waals surface area contributed by atoms with Crippen molar-refractivity contribution >= 4 is 41.2 Å². The smallest absolute Gasteiger partial charge is 0.254 e. The van der Waals surface area contributed by atoms with Crippen LogP contribution >= 0.6 is 23.2 Å². The molecule has 7 rings (SSSR count). The van der Waals surface area contributed by atoms with Gasteiger partial charge in [-0.25, -0.2) is 0 Å². The third kappa shape index (κ3) is 2.50. The molecule has 1 aliphatic heterocycles. The van der Waals surface area contributed by atoms with Crippen LogP contribution in [0.25, 0.3) is 11.3 Å². The van der Waals surface area contributed by atoms with Crippen LogP contribution in [0.3, 0.4) is 0 Å². The van der Waals surface area contributed by atoms with Crippen LogP contribution in [0, 0.1) is 35.5 Å². The van der Waals surface area contributed by atoms with Crippen LogP contribution in [-0.4, -0.2) is 23.0 Å². The maximum absolute atomic E-state index is 12.9. The lowest BCUT2D eigenvalue weighted by Crippen LogP contribution is -2.40. The maximum Gasteiger partial charge on any atom is 0.254 e. The number of hydrogen-bond acceptors (Lipinski definition) is 4. The fourth-order valence-electron chi connectivity index (χ4n) is 5.43. The van der Waals surface area contributed by atoms with E-state index in [0.29, 0.717) is 39.0 Å². The minimum absolute atomic E-state index is 0.187. The summed E-state index contributed by atoms with van der Waals surface area (Å²) >= 11 is 12.2. The fourth-order valence-corrected chi connectivity index (χ4v) is 5.93. The number of benzene rings is 1. The first kappa shape index (κ1) is 17.5. The summed E-state index contributed by atoms with van der Waals surface area (Å²) in [6, 6.07) is 8.64. The van der Waals surface area contributed by atoms with Gasteiger partial charge in [0.05, 0.1) is 23.1 Å². The van der Waals surface area contributed by atoms with Gasteiger partial charge in [0.25, 0.3) is 11.8 Å². The van der Waals surface area contributed by atoms with Crippen LogP contribution in [-0.2, 0) is 9.59 Å². The molecule has 0 radical (unpaired) electrons. The van der Waals surface area contributed by atoms with Gasteiger partial charge in [0.15, 0.2) is 0 Å². The third-order valence-corrected chi connectivity index (χ3v) is 7.31. The second-order valence-corrected chi connectivity index (χ2v) is 9.06. The number of imide groups is 1. The average molecular weight is 427 g/mol. The summed E-state index contributed by atoms with van der Waals surface area (Å²) in [6.07, 6.45) is 6.85. The van der Waals surface area contributed by atoms with Gasteiger partial charge in [0, 0.05) is 10.6 Å². The minimum Gasteiger partial charge on any atom is -0.455 e. The van der Waals surface area contributed by atoms with Crippen LogP contribution in [0.4, 0.5) is 0 Å². The molecule has 2 bridgehead atoms. The Hall–Kier alpha value is -2.37. The van der Waals surface area contributed by atoms with Gasteiger partial charge in [-0.1, -0.05) is 35.4 Å². The zero-order chi connectivity index (χ0) is 19.9. The van der Waals surface area contributed by atoms with E-state index in [1.807, 2.05) is 0 Å². The Morgan fingerprint density at radius 3 is 2.34 bits per heavy atom. The van der Waals surface area contributed by atoms with E-state index in [1.165, 1.54) is 6.21 Å². The van der Waals surface area contributed by atoms with Gasteiger partial charge in [-0.2, -0.15) is 10.1 Å². The Morgan fingerprint density at radius 2 is 1.69 bits per heavy atom. The summed E-state index contributed by atoms with van der Waals surface area (Å²) in [5, 5.41) is 6.26. The normalized spacial score (nSPS) is 34.2. The Balaban J connectivity index is 1.25. The summed E-state index contributed by atoms with van der Waals surface area (Å²) in [4.78, 5) is 25.9. The van der Waals surface area contributed by atoms with E-state index in [0.717, 1.165) is 11.4 Å². The molecule has 1 saturated heterocycles. The number of allylic oxidation sites excluding steroid dienone is 2. The number of furan rings is 1. The number of halogens is 2. The highest BCUT2D eigenvalue weighted by Crippen LogP contribution is 2.65. The number of carbonyl (C=O) groups is 2. The Morgan fingerprint density at radius 1 is 1.00 bits per heavy atom. The number of amides is 2. The summed E-state index contributed by atoms with van der Waals surface area (Å²) in [5.74, 6) is 1.64. The molecule has 4 aliphatic carbocycles. The van der Waals surface area contributed by atoms with Crippen molar-refractivity contribution in [3.8, 4) is 11.3 Å². The predicted molar refractivity (Wildman–Crippen MR) is 108 cm³/mol. The van der Waals surface area contributed by atoms with E-state index in [2.05, 4.69) is 17.3 Å². The second-order valence-electron chi connectivity index (χ2n) is 8.21. The number of hydrazone groups is 1. The molecule has 29 heavy (non-hydrogen) atoms. The predicted octanol–water partition coefficient (Wildman–Crippen LogP) is 4.64. The lowest BCUT2D eigenvalue weighted by molar-refractivity contribution is -0.140. The van der Waals surface area contributed by atoms with Crippen molar-refractivity contribution in [2.45, 2.75) is 6.42 Å². The highest BCUT2D eigenvalue weighted by molar-refractivity contribution is 6.36. The minimum atomic E-state index is -0.251. The van der Waals surface area contributed by atoms with Crippen molar-refractivity contribution in [1.82, 2.24) is 5.01 Å². The van der Waals surface area contributed by atoms with E-state index in [-0.39, 0.29) is 35.5 Å². The monoisotopic (exact) mass is 426 g/mol. The van der Waals surface area contributed by atoms with Crippen molar-refractivity contribution in [2.24, 2.45) is 40.6 Å². The van der Waals surface area contributed by atoms with Crippen molar-refractivity contribution < 1.29 is 14.0 Å². The molecular weight excluding hydrogens is 411 g/mol. The molecule has 1 aromatic carbocycles. The number of rotatable bonds is 3. The fraction of sp³-hybridized carbons (Fsp3) is 0.318. The quantitative estimate of drug-likeness (QED) is 0.407. The van der Waals surface area contributed by atoms with E-state index < -0.39 is 0 Å². The molecular formula is C22H16Cl2N2O3. The highest BCUT2D eigenvalue weighted by atomic mass is 35.5. The number of hydrogen-bond donors (Lipinski definition) is 0. The topological polar surface area (TPSA) is 62.9 Å². The van der Waals surface area contributed by atoms with Crippen LogP contribution in [0.5, 0.6) is 0 Å². The standard InChI is InChI=1S/C22H16Cl2N2O3/c23-10-1-3-14(17(24)7-10)18-6-2-11(29-18)9-25-26-21(27)19-12-4-5-13(16-8-15(12)16)20(19)22(26)28/h1-7,9,12-13,15-16,19-20H,8H2/b25-9-/t12-,13-,15-,16-,19-,20+/m0/s1. The zero-order valence-corrected chi connectivity index (χ0v) is 16.7. The largest absolute Gasteiger partial charge is 0.455 e. The molecule has 0 unspecified atom stereocenters. The van der Waals surface area contributed by atoms with E-state index >= 15 is 0 Å². The molecule has 6 atom stereocenters. The van der Waals surface area contributed by atoms with Gasteiger partial charge in [-0.05, 0) is 60.4 Å². The molecule has 2 amide bonds. The summed E-state index contributed by atoms with van der Waals surface area (Å²) in [5.41, 5.74) is 0.705. The molecule has 7 heteroatoms. The first-order valence-corrected chi connectivity index (χ1v) is 10.4. The number of nitrogens with zero attached hydrogens (tertiary/aromatic N) is 2. The Bertz CT molecular complexity index is 1090. The van der Waals surface area contributed by atoms with Crippen LogP contribution in [0.2, 0.25) is 10.0 Å². The van der Waals surface area contributed by atoms with Gasteiger partial charge < -0.3 is 4.42 Å². The van der Waals surface area contributed by atoms with Crippen molar-refractivity contribution in [1.29, 1.82) is 0 Å². The van der Waals surface area contributed by atoms with Gasteiger partial charge in [-0.3, -0.25) is 9.59 Å². The van der Waals surface area contributed by atoms with Crippen LogP contribution in [0.1, 0.15) is 12.2 Å². The SMILES string of the molecule is O=C1[C@@H]2[C@H]3C=C[C@@H]([C@@H]4C[C@@H]34)[C@@H]2C(=O)N1/N=C\c1ccc(-c2ccc(Cl)cc2Cl)o1. The molecule has 0 spiro atoms. The van der Waals surface area contributed by atoms with E-state index in [4.69, 9.17) is 27.6 Å². The van der Waals surface area contributed by atoms with Gasteiger partial charge in [0.2, 0.25) is 0 Å². The second kappa shape index (κ2) is 6.07. The molecule has 3 fully saturated rings. The van der Waals surface area contributed by atoms with Crippen molar-refractivity contribution in [3.05, 3.63) is 58.3 Å². The maximum atomic E-state index is 12.9. The summed E-state index contributed by atoms with van der Waals surface area (Å²) in [6.45, 7) is 0. The average Bonchev–Trinajstić information content (AvgIpc) is 3.34. The van der Waals surface area contributed by atoms with Crippen molar-refractivity contribution in [2.75, 3.05) is 0 Å². The Kier molecular flexibility index (Phi) is 3.66. The summed E-state index contributed by atoms with van der Waals surface area (Å²) in [7, 11) is 0. The molecule has 146 valence electrons. The van der Waals surface area contributed by atoms with Crippen LogP contribution < -0.4 is 0 Å². The van der Waals surface area contributed by atoms with E-state index in [9.17, 15) is 9.59 Å². The lowest BCUT2D eigenvalue weighted by atomic mass is 9.63. The molecule has 5 nitrogen and oxygen atoms in total. The van der Waals surface area contributed by atoms with Crippen molar-refractivity contribution in [3.63, 3.8) is 0 Å². The Labute approximate surface area is 177 Å². The first-order valence-electron chi connectivity index (χ1n) is 9.68. The summed E-state index contributed by atoms with van der Waals surface area (Å²) < 4.78 is 5.78. The zero-order valence-electron chi connectivity index (χ0n) is 15.2. The van der Waals surface area contributed by atoms with Gasteiger partial charge in [-0.15, -0.1) is 0 Å². The van der Waals surface area contributed by atoms with Gasteiger partial charge in [0.1, 0.15) is 11.5 Å². The molecule has 1 aromatic heterocycles. The molecule has 0 N–H and O–H groups in total. The first-order chi connectivity index (χ1) is 14.0. The van der Waals surface area contributed by atoms with Crippen LogP contribution in [0.15, 0.2) is 52.0 Å². The van der Waals surface area contributed by atoms with E-state index in [1.54, 1.807) is 30.3 Å². The third-order valence-electron chi connectivity index (χ3n) is 6.76. The molecule has 2 heterocycles.